The molecule has 29 heavy (non-hydrogen) atoms. The Bertz CT molecular complexity index is 964. The summed E-state index contributed by atoms with van der Waals surface area (Å²) in [5, 5.41) is 9.79. The van der Waals surface area contributed by atoms with Crippen LogP contribution in [-0.4, -0.2) is 49.1 Å². The first kappa shape index (κ1) is 19.7. The van der Waals surface area contributed by atoms with Crippen molar-refractivity contribution >= 4 is 23.1 Å². The summed E-state index contributed by atoms with van der Waals surface area (Å²) >= 11 is 1.72. The summed E-state index contributed by atoms with van der Waals surface area (Å²) in [5.41, 5.74) is 6.12. The fourth-order valence-electron chi connectivity index (χ4n) is 3.08. The quantitative estimate of drug-likeness (QED) is 0.524. The first-order valence-electron chi connectivity index (χ1n) is 9.94. The molecule has 1 fully saturated rings. The summed E-state index contributed by atoms with van der Waals surface area (Å²) in [6.07, 6.45) is 2.66. The third-order valence-electron chi connectivity index (χ3n) is 5.13. The van der Waals surface area contributed by atoms with Crippen LogP contribution in [0.1, 0.15) is 12.8 Å². The minimum atomic E-state index is 0.761. The van der Waals surface area contributed by atoms with Crippen molar-refractivity contribution in [2.24, 2.45) is 5.92 Å². The van der Waals surface area contributed by atoms with Crippen LogP contribution in [0, 0.1) is 5.92 Å². The molecule has 4 rings (SSSR count). The lowest BCUT2D eigenvalue weighted by Crippen LogP contribution is -2.08. The molecule has 0 saturated heterocycles. The highest BCUT2D eigenvalue weighted by Crippen LogP contribution is 2.36. The van der Waals surface area contributed by atoms with E-state index in [0.717, 1.165) is 50.7 Å². The Morgan fingerprint density at radius 1 is 0.759 bits per heavy atom. The van der Waals surface area contributed by atoms with Gasteiger partial charge in [0.25, 0.3) is 0 Å². The van der Waals surface area contributed by atoms with Crippen molar-refractivity contribution in [2.45, 2.75) is 18.0 Å². The van der Waals surface area contributed by atoms with Crippen LogP contribution in [0.25, 0.3) is 22.5 Å². The van der Waals surface area contributed by atoms with Crippen LogP contribution < -0.4 is 9.80 Å². The summed E-state index contributed by atoms with van der Waals surface area (Å²) in [6.45, 7) is 0. The van der Waals surface area contributed by atoms with Crippen LogP contribution >= 0.6 is 11.8 Å². The van der Waals surface area contributed by atoms with E-state index in [9.17, 15) is 0 Å². The van der Waals surface area contributed by atoms with E-state index in [2.05, 4.69) is 68.5 Å². The molecule has 0 unspecified atom stereocenters. The number of anilines is 2. The zero-order valence-corrected chi connectivity index (χ0v) is 18.3. The molecule has 1 saturated carbocycles. The SMILES string of the molecule is CN(C)c1ccc(-c2nnc(SCC3CC3)nc2-c2ccc(N(C)C)cc2)cc1. The maximum absolute atomic E-state index is 4.92. The summed E-state index contributed by atoms with van der Waals surface area (Å²) in [6, 6.07) is 16.9. The Balaban J connectivity index is 1.72. The molecule has 0 radical (unpaired) electrons. The van der Waals surface area contributed by atoms with Crippen LogP contribution in [0.3, 0.4) is 0 Å². The van der Waals surface area contributed by atoms with Gasteiger partial charge in [-0.15, -0.1) is 10.2 Å². The number of nitrogens with zero attached hydrogens (tertiary/aromatic N) is 5. The Hall–Kier alpha value is -2.60. The van der Waals surface area contributed by atoms with Crippen LogP contribution in [0.4, 0.5) is 11.4 Å². The van der Waals surface area contributed by atoms with Gasteiger partial charge in [0.05, 0.1) is 0 Å². The Morgan fingerprint density at radius 3 is 1.76 bits per heavy atom. The van der Waals surface area contributed by atoms with Crippen molar-refractivity contribution < 1.29 is 0 Å². The maximum atomic E-state index is 4.92. The second-order valence-electron chi connectivity index (χ2n) is 7.93. The Labute approximate surface area is 177 Å². The van der Waals surface area contributed by atoms with Crippen molar-refractivity contribution in [1.82, 2.24) is 15.2 Å². The first-order valence-corrected chi connectivity index (χ1v) is 10.9. The largest absolute Gasteiger partial charge is 0.378 e. The first-order chi connectivity index (χ1) is 14.0. The summed E-state index contributed by atoms with van der Waals surface area (Å²) in [4.78, 5) is 9.10. The lowest BCUT2D eigenvalue weighted by molar-refractivity contribution is 0.846. The average molecular weight is 406 g/mol. The van der Waals surface area contributed by atoms with E-state index in [1.807, 2.05) is 28.2 Å². The van der Waals surface area contributed by atoms with Gasteiger partial charge in [-0.3, -0.25) is 0 Å². The topological polar surface area (TPSA) is 45.2 Å². The van der Waals surface area contributed by atoms with Gasteiger partial charge in [-0.1, -0.05) is 36.0 Å². The summed E-state index contributed by atoms with van der Waals surface area (Å²) in [7, 11) is 8.18. The molecule has 0 bridgehead atoms. The molecule has 0 amide bonds. The molecule has 1 aliphatic rings. The molecule has 1 aromatic heterocycles. The molecule has 0 N–H and O–H groups in total. The number of rotatable bonds is 7. The van der Waals surface area contributed by atoms with Gasteiger partial charge in [-0.25, -0.2) is 4.98 Å². The molecule has 0 atom stereocenters. The van der Waals surface area contributed by atoms with Crippen molar-refractivity contribution in [2.75, 3.05) is 43.7 Å². The molecule has 150 valence electrons. The molecule has 1 aliphatic carbocycles. The van der Waals surface area contributed by atoms with E-state index in [-0.39, 0.29) is 0 Å². The van der Waals surface area contributed by atoms with Gasteiger partial charge in [0.2, 0.25) is 5.16 Å². The minimum absolute atomic E-state index is 0.761. The van der Waals surface area contributed by atoms with Crippen molar-refractivity contribution in [3.63, 3.8) is 0 Å². The molecule has 6 heteroatoms. The van der Waals surface area contributed by atoms with E-state index in [1.165, 1.54) is 12.8 Å². The van der Waals surface area contributed by atoms with Gasteiger partial charge in [-0.05, 0) is 43.0 Å². The number of hydrogen-bond donors (Lipinski definition) is 0. The molecule has 1 heterocycles. The van der Waals surface area contributed by atoms with Gasteiger partial charge in [0.1, 0.15) is 11.4 Å². The highest BCUT2D eigenvalue weighted by Gasteiger charge is 2.22. The molecular weight excluding hydrogens is 378 g/mol. The number of aromatic nitrogens is 3. The number of hydrogen-bond acceptors (Lipinski definition) is 6. The third-order valence-corrected chi connectivity index (χ3v) is 6.20. The van der Waals surface area contributed by atoms with Gasteiger partial charge in [0.15, 0.2) is 0 Å². The number of benzene rings is 2. The lowest BCUT2D eigenvalue weighted by Gasteiger charge is -2.15. The molecule has 0 spiro atoms. The predicted molar refractivity (Wildman–Crippen MR) is 123 cm³/mol. The third kappa shape index (κ3) is 4.70. The van der Waals surface area contributed by atoms with Crippen LogP contribution in [0.2, 0.25) is 0 Å². The second-order valence-corrected chi connectivity index (χ2v) is 8.92. The van der Waals surface area contributed by atoms with Crippen LogP contribution in [-0.2, 0) is 0 Å². The van der Waals surface area contributed by atoms with E-state index >= 15 is 0 Å². The van der Waals surface area contributed by atoms with E-state index in [0.29, 0.717) is 0 Å². The van der Waals surface area contributed by atoms with Crippen LogP contribution in [0.15, 0.2) is 53.7 Å². The van der Waals surface area contributed by atoms with Crippen molar-refractivity contribution in [1.29, 1.82) is 0 Å². The smallest absolute Gasteiger partial charge is 0.209 e. The summed E-state index contributed by atoms with van der Waals surface area (Å²) in [5.74, 6) is 1.90. The standard InChI is InChI=1S/C23H27N5S/c1-27(2)19-11-7-17(8-12-19)21-22(18-9-13-20(14-10-18)28(3)4)25-26-23(24-21)29-15-16-5-6-16/h7-14,16H,5-6,15H2,1-4H3. The van der Waals surface area contributed by atoms with Gasteiger partial charge in [0, 0.05) is 56.4 Å². The zero-order chi connectivity index (χ0) is 20.4. The molecular formula is C23H27N5S. The predicted octanol–water partition coefficient (Wildman–Crippen LogP) is 4.84. The summed E-state index contributed by atoms with van der Waals surface area (Å²) < 4.78 is 0. The molecule has 5 nitrogen and oxygen atoms in total. The Morgan fingerprint density at radius 2 is 1.28 bits per heavy atom. The zero-order valence-electron chi connectivity index (χ0n) is 17.5. The number of thioether (sulfide) groups is 1. The Kier molecular flexibility index (Phi) is 5.72. The van der Waals surface area contributed by atoms with E-state index in [4.69, 9.17) is 4.98 Å². The second kappa shape index (κ2) is 8.41. The van der Waals surface area contributed by atoms with Gasteiger partial charge >= 0.3 is 0 Å². The van der Waals surface area contributed by atoms with Crippen LogP contribution in [0.5, 0.6) is 0 Å². The van der Waals surface area contributed by atoms with Crippen molar-refractivity contribution in [3.05, 3.63) is 48.5 Å². The molecule has 2 aromatic carbocycles. The van der Waals surface area contributed by atoms with E-state index in [1.54, 1.807) is 11.8 Å². The normalized spacial score (nSPS) is 13.4. The maximum Gasteiger partial charge on any atom is 0.209 e. The fourth-order valence-corrected chi connectivity index (χ4v) is 4.05. The highest BCUT2D eigenvalue weighted by molar-refractivity contribution is 7.99. The monoisotopic (exact) mass is 405 g/mol. The molecule has 3 aromatic rings. The minimum Gasteiger partial charge on any atom is -0.378 e. The molecule has 0 aliphatic heterocycles. The van der Waals surface area contributed by atoms with E-state index < -0.39 is 0 Å². The fraction of sp³-hybridized carbons (Fsp3) is 0.348. The van der Waals surface area contributed by atoms with Gasteiger partial charge in [-0.2, -0.15) is 0 Å². The van der Waals surface area contributed by atoms with Gasteiger partial charge < -0.3 is 9.80 Å². The highest BCUT2D eigenvalue weighted by atomic mass is 32.2. The van der Waals surface area contributed by atoms with Crippen molar-refractivity contribution in [3.8, 4) is 22.5 Å². The average Bonchev–Trinajstić information content (AvgIpc) is 3.57. The lowest BCUT2D eigenvalue weighted by atomic mass is 10.0.